The third kappa shape index (κ3) is 8.80. The first-order chi connectivity index (χ1) is 33.0. The van der Waals surface area contributed by atoms with Crippen molar-refractivity contribution in [3.8, 4) is 22.5 Å². The van der Waals surface area contributed by atoms with Crippen LogP contribution in [0.4, 0.5) is 11.6 Å². The van der Waals surface area contributed by atoms with Gasteiger partial charge in [-0.05, 0) is 88.8 Å². The Morgan fingerprint density at radius 3 is 1.35 bits per heavy atom. The van der Waals surface area contributed by atoms with E-state index in [1.165, 1.54) is 0 Å². The molecule has 14 heteroatoms. The van der Waals surface area contributed by atoms with Gasteiger partial charge in [0, 0.05) is 33.6 Å². The van der Waals surface area contributed by atoms with Gasteiger partial charge in [-0.2, -0.15) is 0 Å². The van der Waals surface area contributed by atoms with E-state index in [1.807, 2.05) is 123 Å². The van der Waals surface area contributed by atoms with Crippen LogP contribution in [0.15, 0.2) is 109 Å². The van der Waals surface area contributed by atoms with Gasteiger partial charge in [0.2, 0.25) is 0 Å². The van der Waals surface area contributed by atoms with Crippen molar-refractivity contribution in [1.82, 2.24) is 40.5 Å². The van der Waals surface area contributed by atoms with Crippen LogP contribution in [-0.4, -0.2) is 66.0 Å². The number of para-hydroxylation sites is 2. The molecule has 0 spiro atoms. The summed E-state index contributed by atoms with van der Waals surface area (Å²) < 4.78 is 11.8. The summed E-state index contributed by atoms with van der Waals surface area (Å²) in [5.41, 5.74) is 14.1. The molecule has 2 saturated carbocycles. The number of anilines is 2. The van der Waals surface area contributed by atoms with E-state index in [1.54, 1.807) is 0 Å². The number of hydrogen-bond donors (Lipinski definition) is 6. The van der Waals surface area contributed by atoms with E-state index in [2.05, 4.69) is 45.1 Å². The summed E-state index contributed by atoms with van der Waals surface area (Å²) in [7, 11) is 0. The molecular formula is C54H54N10O4. The zero-order chi connectivity index (χ0) is 46.6. The maximum absolute atomic E-state index is 12.7. The molecule has 8 aromatic rings. The van der Waals surface area contributed by atoms with E-state index in [4.69, 9.17) is 29.4 Å². The number of nitrogens with one attached hydrogen (secondary N) is 6. The first kappa shape index (κ1) is 43.2. The fourth-order valence-corrected chi connectivity index (χ4v) is 8.96. The molecule has 2 amide bonds. The lowest BCUT2D eigenvalue weighted by Crippen LogP contribution is -2.23. The van der Waals surface area contributed by atoms with Crippen molar-refractivity contribution >= 4 is 45.5 Å². The normalized spacial score (nSPS) is 18.1. The number of ether oxygens (including phenoxy) is 2. The first-order valence-corrected chi connectivity index (χ1v) is 23.4. The fourth-order valence-electron chi connectivity index (χ4n) is 8.96. The summed E-state index contributed by atoms with van der Waals surface area (Å²) in [6, 6.07) is 35.4. The van der Waals surface area contributed by atoms with Crippen molar-refractivity contribution in [3.05, 3.63) is 154 Å². The number of nitrogens with zero attached hydrogens (tertiary/aromatic N) is 4. The van der Waals surface area contributed by atoms with Gasteiger partial charge in [0.1, 0.15) is 22.7 Å². The summed E-state index contributed by atoms with van der Waals surface area (Å²) in [6.07, 6.45) is 4.56. The van der Waals surface area contributed by atoms with Crippen molar-refractivity contribution in [2.24, 2.45) is 0 Å². The molecule has 0 radical (unpaired) electrons. The Morgan fingerprint density at radius 1 is 0.544 bits per heavy atom. The molecule has 2 fully saturated rings. The van der Waals surface area contributed by atoms with Crippen LogP contribution in [0.3, 0.4) is 0 Å². The Bertz CT molecular complexity index is 3000. The molecule has 0 bridgehead atoms. The highest BCUT2D eigenvalue weighted by atomic mass is 16.5. The summed E-state index contributed by atoms with van der Waals surface area (Å²) in [5.74, 6) is 1.47. The zero-order valence-corrected chi connectivity index (χ0v) is 38.6. The maximum Gasteiger partial charge on any atom is 0.253 e. The van der Waals surface area contributed by atoms with E-state index in [-0.39, 0.29) is 35.0 Å². The molecule has 6 heterocycles. The van der Waals surface area contributed by atoms with Crippen molar-refractivity contribution in [1.29, 1.82) is 0 Å². The summed E-state index contributed by atoms with van der Waals surface area (Å²) in [4.78, 5) is 51.8. The van der Waals surface area contributed by atoms with E-state index >= 15 is 0 Å². The van der Waals surface area contributed by atoms with Gasteiger partial charge in [0.15, 0.2) is 0 Å². The molecule has 344 valence electrons. The Balaban J connectivity index is 0.000000149. The van der Waals surface area contributed by atoms with Gasteiger partial charge in [-0.1, -0.05) is 84.9 Å². The summed E-state index contributed by atoms with van der Waals surface area (Å²) in [5, 5.41) is 13.1. The average Bonchev–Trinajstić information content (AvgIpc) is 3.97. The molecule has 0 saturated heterocycles. The van der Waals surface area contributed by atoms with Gasteiger partial charge in [-0.15, -0.1) is 0 Å². The number of aryl methyl sites for hydroxylation is 2. The van der Waals surface area contributed by atoms with Crippen LogP contribution < -0.4 is 21.3 Å². The van der Waals surface area contributed by atoms with Gasteiger partial charge in [-0.3, -0.25) is 9.59 Å². The standard InChI is InChI=1S/2C27H27N5O2/c2*1-16-25(32-27(2)11-12-27)31-23-18(9-6-10-20(23)28-16)21-13-19-24(29-21)22(30-26(19)33)15-34-14-17-7-4-3-5-8-17/h2*3-10,13,22,29H,11-12,14-15H2,1-2H3,(H,30,33)(H,31,32)/t2*22-/m10/s1. The molecule has 2 aliphatic carbocycles. The number of aromatic nitrogens is 6. The largest absolute Gasteiger partial charge is 0.374 e. The predicted molar refractivity (Wildman–Crippen MR) is 263 cm³/mol. The lowest BCUT2D eigenvalue weighted by molar-refractivity contribution is 0.0836. The Kier molecular flexibility index (Phi) is 11.0. The monoisotopic (exact) mass is 906 g/mol. The van der Waals surface area contributed by atoms with Crippen LogP contribution in [0.25, 0.3) is 44.6 Å². The zero-order valence-electron chi connectivity index (χ0n) is 38.6. The lowest BCUT2D eigenvalue weighted by Gasteiger charge is -2.16. The van der Waals surface area contributed by atoms with Crippen LogP contribution in [0.2, 0.25) is 0 Å². The predicted octanol–water partition coefficient (Wildman–Crippen LogP) is 9.80. The third-order valence-electron chi connectivity index (χ3n) is 13.4. The van der Waals surface area contributed by atoms with E-state index in [0.717, 1.165) is 116 Å². The number of amides is 2. The second-order valence-corrected chi connectivity index (χ2v) is 19.1. The second kappa shape index (κ2) is 17.3. The minimum atomic E-state index is -0.213. The number of carbonyl (C=O) groups is 2. The average molecular weight is 907 g/mol. The number of rotatable bonds is 14. The third-order valence-corrected chi connectivity index (χ3v) is 13.4. The highest BCUT2D eigenvalue weighted by Gasteiger charge is 2.39. The number of aromatic amines is 2. The Hall–Kier alpha value is -7.42. The smallest absolute Gasteiger partial charge is 0.253 e. The van der Waals surface area contributed by atoms with E-state index < -0.39 is 0 Å². The first-order valence-electron chi connectivity index (χ1n) is 23.4. The fraction of sp³-hybridized carbons (Fsp3) is 0.296. The van der Waals surface area contributed by atoms with Crippen LogP contribution in [0.5, 0.6) is 0 Å². The van der Waals surface area contributed by atoms with Crippen LogP contribution >= 0.6 is 0 Å². The topological polar surface area (TPSA) is 184 Å². The minimum Gasteiger partial charge on any atom is -0.374 e. The van der Waals surface area contributed by atoms with Gasteiger partial charge in [-0.25, -0.2) is 19.9 Å². The summed E-state index contributed by atoms with van der Waals surface area (Å²) >= 11 is 0. The van der Waals surface area contributed by atoms with Crippen molar-refractivity contribution in [2.75, 3.05) is 23.8 Å². The van der Waals surface area contributed by atoms with Gasteiger partial charge >= 0.3 is 0 Å². The Morgan fingerprint density at radius 2 is 0.956 bits per heavy atom. The molecular weight excluding hydrogens is 853 g/mol. The quantitative estimate of drug-likeness (QED) is 0.0614. The molecule has 6 N–H and O–H groups in total. The highest BCUT2D eigenvalue weighted by molar-refractivity contribution is 6.02. The molecule has 68 heavy (non-hydrogen) atoms. The molecule has 2 aliphatic heterocycles. The Labute approximate surface area is 394 Å². The number of benzene rings is 4. The number of fused-ring (bicyclic) bond motifs is 4. The molecule has 2 atom stereocenters. The van der Waals surface area contributed by atoms with Crippen molar-refractivity contribution < 1.29 is 19.1 Å². The molecule has 4 aromatic carbocycles. The molecule has 4 aromatic heterocycles. The molecule has 12 rings (SSSR count). The van der Waals surface area contributed by atoms with Crippen LogP contribution in [-0.2, 0) is 22.7 Å². The maximum atomic E-state index is 12.7. The van der Waals surface area contributed by atoms with Gasteiger partial charge in [0.05, 0.1) is 83.4 Å². The van der Waals surface area contributed by atoms with Gasteiger partial charge in [0.25, 0.3) is 11.8 Å². The van der Waals surface area contributed by atoms with Crippen molar-refractivity contribution in [2.45, 2.75) is 89.8 Å². The number of hydrogen-bond acceptors (Lipinski definition) is 10. The summed E-state index contributed by atoms with van der Waals surface area (Å²) in [6.45, 7) is 10.2. The number of carbonyl (C=O) groups excluding carboxylic acids is 2. The molecule has 14 nitrogen and oxygen atoms in total. The number of H-pyrrole nitrogens is 2. The minimum absolute atomic E-state index is 0.0861. The molecule has 0 unspecified atom stereocenters. The van der Waals surface area contributed by atoms with E-state index in [0.29, 0.717) is 37.6 Å². The SMILES string of the molecule is Cc1nc2cccc(-c3cc4c([nH]3)[C@@H](COCc3ccccc3)NC4=O)c2nc1NC1(C)CC1.Cc1nc2cccc(-c3cc4c([nH]3)[C@H](COCc3ccccc3)NC4=O)c2nc1NC1(C)CC1. The van der Waals surface area contributed by atoms with Gasteiger partial charge < -0.3 is 40.7 Å². The van der Waals surface area contributed by atoms with Crippen LogP contribution in [0.1, 0.15) is 106 Å². The van der Waals surface area contributed by atoms with E-state index in [9.17, 15) is 9.59 Å². The lowest BCUT2D eigenvalue weighted by atomic mass is 10.1. The van der Waals surface area contributed by atoms with Crippen LogP contribution in [0, 0.1) is 13.8 Å². The van der Waals surface area contributed by atoms with Crippen molar-refractivity contribution in [3.63, 3.8) is 0 Å². The molecule has 4 aliphatic rings. The highest BCUT2D eigenvalue weighted by Crippen LogP contribution is 2.41. The second-order valence-electron chi connectivity index (χ2n) is 19.1.